The summed E-state index contributed by atoms with van der Waals surface area (Å²) in [5, 5.41) is 10.7. The third kappa shape index (κ3) is 79.9. The Morgan fingerprint density at radius 2 is 0.438 bits per heavy atom. The molecule has 0 rings (SSSR count). The molecule has 0 bridgehead atoms. The number of aliphatic hydroxyl groups excluding tert-OH is 1. The Kier molecular flexibility index (Phi) is 77.3. The first-order valence-corrected chi connectivity index (χ1v) is 47.6. The number of carbonyl (C=O) groups excluding carboxylic acids is 4. The predicted octanol–water partition coefficient (Wildman–Crippen LogP) is 26.4. The van der Waals surface area contributed by atoms with E-state index in [-0.39, 0.29) is 25.7 Å². The number of esters is 4. The zero-order valence-electron chi connectivity index (χ0n) is 68.9. The van der Waals surface area contributed by atoms with Gasteiger partial charge in [-0.3, -0.25) is 37.3 Å². The molecule has 17 nitrogen and oxygen atoms in total. The summed E-state index contributed by atoms with van der Waals surface area (Å²) in [6.45, 7) is 7.36. The molecule has 0 aromatic carbocycles. The van der Waals surface area contributed by atoms with Crippen molar-refractivity contribution >= 4 is 39.5 Å². The van der Waals surface area contributed by atoms with E-state index < -0.39 is 97.5 Å². The van der Waals surface area contributed by atoms with Crippen molar-refractivity contribution in [2.24, 2.45) is 5.92 Å². The summed E-state index contributed by atoms with van der Waals surface area (Å²) in [6, 6.07) is 0. The second-order valence-corrected chi connectivity index (χ2v) is 34.3. The van der Waals surface area contributed by atoms with Crippen LogP contribution in [0.25, 0.3) is 0 Å². The standard InChI is InChI=1S/C86H168O17P2/c1-6-9-12-15-18-21-24-26-28-30-32-34-36-38-40-45-50-55-60-65-70-84(89)97-76-82(103-85(90)71-66-61-56-51-46-41-39-37-35-33-31-29-27-25-22-19-16-13-10-7-2)78-101-105(94,95)99-74-80(87)73-98-104(92,93)100-77-81(75-96-83(88)69-64-59-54-49-23-20-17-14-11-8-3)102-86(91)72-67-62-57-52-47-43-42-44-48-53-58-63-68-79(4)5/h79-82,87H,6-78H2,1-5H3,(H,92,93)(H,94,95)/t80-,81+,82+/m0/s1. The molecule has 0 aliphatic carbocycles. The summed E-state index contributed by atoms with van der Waals surface area (Å²) in [4.78, 5) is 73.2. The maximum atomic E-state index is 13.1. The van der Waals surface area contributed by atoms with E-state index in [4.69, 9.17) is 37.0 Å². The average molecular weight is 1540 g/mol. The highest BCUT2D eigenvalue weighted by atomic mass is 31.2. The molecule has 19 heteroatoms. The Hall–Kier alpha value is -1.94. The van der Waals surface area contributed by atoms with E-state index in [0.29, 0.717) is 25.7 Å². The lowest BCUT2D eigenvalue weighted by atomic mass is 10.0. The fraction of sp³-hybridized carbons (Fsp3) is 0.953. The molecule has 3 N–H and O–H groups in total. The molecule has 0 aromatic heterocycles. The number of hydrogen-bond donors (Lipinski definition) is 3. The van der Waals surface area contributed by atoms with E-state index in [9.17, 15) is 43.2 Å². The number of ether oxygens (including phenoxy) is 4. The number of carbonyl (C=O) groups is 4. The number of phosphoric acid groups is 2. The van der Waals surface area contributed by atoms with Crippen molar-refractivity contribution in [3.63, 3.8) is 0 Å². The van der Waals surface area contributed by atoms with Crippen LogP contribution in [0.5, 0.6) is 0 Å². The number of unbranched alkanes of at least 4 members (excludes halogenated alkanes) is 58. The van der Waals surface area contributed by atoms with Crippen molar-refractivity contribution < 1.29 is 80.2 Å². The molecular weight excluding hydrogens is 1370 g/mol. The molecule has 0 aliphatic rings. The van der Waals surface area contributed by atoms with Crippen LogP contribution in [0.1, 0.15) is 465 Å². The lowest BCUT2D eigenvalue weighted by Gasteiger charge is -2.21. The molecule has 2 unspecified atom stereocenters. The minimum absolute atomic E-state index is 0.108. The van der Waals surface area contributed by atoms with Crippen LogP contribution >= 0.6 is 15.6 Å². The van der Waals surface area contributed by atoms with Crippen LogP contribution in [0.3, 0.4) is 0 Å². The zero-order valence-corrected chi connectivity index (χ0v) is 70.7. The minimum Gasteiger partial charge on any atom is -0.462 e. The SMILES string of the molecule is CCCCCCCCCCCCCCCCCCCCCCC(=O)OC[C@H](COP(=O)(O)OC[C@@H](O)COP(=O)(O)OC[C@@H](COC(=O)CCCCCCCCCCCC)OC(=O)CCCCCCCCCCCCCCC(C)C)OC(=O)CCCCCCCCCCCCCCCCCCCCCC. The number of hydrogen-bond acceptors (Lipinski definition) is 15. The Morgan fingerprint density at radius 3 is 0.648 bits per heavy atom. The Bertz CT molecular complexity index is 2000. The van der Waals surface area contributed by atoms with Gasteiger partial charge in [-0.2, -0.15) is 0 Å². The first-order chi connectivity index (χ1) is 51.0. The van der Waals surface area contributed by atoms with Gasteiger partial charge in [-0.1, -0.05) is 413 Å². The summed E-state index contributed by atoms with van der Waals surface area (Å²) < 4.78 is 68.9. The minimum atomic E-state index is -4.97. The molecule has 5 atom stereocenters. The molecule has 0 amide bonds. The summed E-state index contributed by atoms with van der Waals surface area (Å²) in [6.07, 6.45) is 72.3. The van der Waals surface area contributed by atoms with Crippen molar-refractivity contribution in [2.45, 2.75) is 483 Å². The fourth-order valence-corrected chi connectivity index (χ4v) is 15.1. The summed E-state index contributed by atoms with van der Waals surface area (Å²) in [7, 11) is -9.92. The van der Waals surface area contributed by atoms with Crippen LogP contribution in [-0.2, 0) is 65.4 Å². The Labute approximate surface area is 645 Å². The molecule has 0 spiro atoms. The van der Waals surface area contributed by atoms with Crippen molar-refractivity contribution in [2.75, 3.05) is 39.6 Å². The molecule has 0 saturated carbocycles. The van der Waals surface area contributed by atoms with Gasteiger partial charge in [0.05, 0.1) is 26.4 Å². The summed E-state index contributed by atoms with van der Waals surface area (Å²) in [5.41, 5.74) is 0. The van der Waals surface area contributed by atoms with E-state index >= 15 is 0 Å². The van der Waals surface area contributed by atoms with Gasteiger partial charge in [-0.05, 0) is 31.6 Å². The summed E-state index contributed by atoms with van der Waals surface area (Å²) in [5.74, 6) is -1.32. The molecular formula is C86H168O17P2. The first-order valence-electron chi connectivity index (χ1n) is 44.6. The van der Waals surface area contributed by atoms with Gasteiger partial charge < -0.3 is 33.8 Å². The molecule has 0 heterocycles. The molecule has 0 aliphatic heterocycles. The molecule has 0 radical (unpaired) electrons. The third-order valence-electron chi connectivity index (χ3n) is 20.3. The van der Waals surface area contributed by atoms with E-state index in [0.717, 1.165) is 95.8 Å². The largest absolute Gasteiger partial charge is 0.472 e. The van der Waals surface area contributed by atoms with Gasteiger partial charge >= 0.3 is 39.5 Å². The topological polar surface area (TPSA) is 237 Å². The van der Waals surface area contributed by atoms with Gasteiger partial charge in [0.2, 0.25) is 0 Å². The Morgan fingerprint density at radius 1 is 0.257 bits per heavy atom. The molecule has 105 heavy (non-hydrogen) atoms. The maximum absolute atomic E-state index is 13.1. The highest BCUT2D eigenvalue weighted by molar-refractivity contribution is 7.47. The van der Waals surface area contributed by atoms with Crippen LogP contribution in [0, 0.1) is 5.92 Å². The molecule has 0 fully saturated rings. The number of phosphoric ester groups is 2. The second-order valence-electron chi connectivity index (χ2n) is 31.4. The van der Waals surface area contributed by atoms with Crippen LogP contribution < -0.4 is 0 Å². The maximum Gasteiger partial charge on any atom is 0.472 e. The smallest absolute Gasteiger partial charge is 0.462 e. The highest BCUT2D eigenvalue weighted by Gasteiger charge is 2.30. The number of aliphatic hydroxyl groups is 1. The van der Waals surface area contributed by atoms with Crippen LogP contribution in [0.15, 0.2) is 0 Å². The monoisotopic (exact) mass is 1540 g/mol. The third-order valence-corrected chi connectivity index (χ3v) is 22.2. The zero-order chi connectivity index (χ0) is 76.9. The van der Waals surface area contributed by atoms with Crippen LogP contribution in [0.4, 0.5) is 0 Å². The fourth-order valence-electron chi connectivity index (χ4n) is 13.5. The van der Waals surface area contributed by atoms with E-state index in [2.05, 4.69) is 34.6 Å². The van der Waals surface area contributed by atoms with Crippen molar-refractivity contribution in [1.82, 2.24) is 0 Å². The van der Waals surface area contributed by atoms with Gasteiger partial charge in [0.25, 0.3) is 0 Å². The quantitative estimate of drug-likeness (QED) is 0.0222. The van der Waals surface area contributed by atoms with Crippen LogP contribution in [-0.4, -0.2) is 96.7 Å². The van der Waals surface area contributed by atoms with E-state index in [1.165, 1.54) is 289 Å². The first kappa shape index (κ1) is 103. The van der Waals surface area contributed by atoms with Gasteiger partial charge in [0, 0.05) is 25.7 Å². The van der Waals surface area contributed by atoms with Gasteiger partial charge in [-0.15, -0.1) is 0 Å². The van der Waals surface area contributed by atoms with Gasteiger partial charge in [0.15, 0.2) is 12.2 Å². The van der Waals surface area contributed by atoms with Crippen molar-refractivity contribution in [1.29, 1.82) is 0 Å². The normalized spacial score (nSPS) is 13.8. The molecule has 624 valence electrons. The van der Waals surface area contributed by atoms with Gasteiger partial charge in [0.1, 0.15) is 19.3 Å². The molecule has 0 aromatic rings. The van der Waals surface area contributed by atoms with E-state index in [1.54, 1.807) is 0 Å². The number of rotatable bonds is 86. The van der Waals surface area contributed by atoms with Crippen LogP contribution in [0.2, 0.25) is 0 Å². The lowest BCUT2D eigenvalue weighted by molar-refractivity contribution is -0.161. The van der Waals surface area contributed by atoms with Gasteiger partial charge in [-0.25, -0.2) is 9.13 Å². The van der Waals surface area contributed by atoms with Crippen molar-refractivity contribution in [3.05, 3.63) is 0 Å². The molecule has 0 saturated heterocycles. The predicted molar refractivity (Wildman–Crippen MR) is 432 cm³/mol. The average Bonchev–Trinajstić information content (AvgIpc) is 0.926. The van der Waals surface area contributed by atoms with Crippen molar-refractivity contribution in [3.8, 4) is 0 Å². The van der Waals surface area contributed by atoms with E-state index in [1.807, 2.05) is 0 Å². The highest BCUT2D eigenvalue weighted by Crippen LogP contribution is 2.45. The second kappa shape index (κ2) is 78.7. The summed E-state index contributed by atoms with van der Waals surface area (Å²) >= 11 is 0. The Balaban J connectivity index is 5.22. The lowest BCUT2D eigenvalue weighted by Crippen LogP contribution is -2.30.